The standard InChI is InChI=1S/C21H15F3N4O3S/c1-10-7-13(21(30)31-2)20(32-10)27-19(29)14-9-25-28-16(17(23)24)8-15(26-18(14)28)11-3-5-12(22)6-4-11/h3-9,17H,1-2H3,(H,27,29). The first-order chi connectivity index (χ1) is 15.3. The number of halogens is 3. The van der Waals surface area contributed by atoms with Gasteiger partial charge in [-0.1, -0.05) is 0 Å². The molecule has 0 aliphatic carbocycles. The molecule has 0 atom stereocenters. The number of aromatic nitrogens is 3. The van der Waals surface area contributed by atoms with E-state index in [1.807, 2.05) is 0 Å². The van der Waals surface area contributed by atoms with Gasteiger partial charge in [0.15, 0.2) is 5.65 Å². The highest BCUT2D eigenvalue weighted by Crippen LogP contribution is 2.30. The largest absolute Gasteiger partial charge is 0.465 e. The number of carbonyl (C=O) groups is 2. The SMILES string of the molecule is COC(=O)c1cc(C)sc1NC(=O)c1cnn2c(C(F)F)cc(-c3ccc(F)cc3)nc12. The molecule has 7 nitrogen and oxygen atoms in total. The fourth-order valence-electron chi connectivity index (χ4n) is 3.11. The molecule has 4 rings (SSSR count). The number of amides is 1. The zero-order valence-electron chi connectivity index (χ0n) is 16.7. The van der Waals surface area contributed by atoms with E-state index in [9.17, 15) is 22.8 Å². The number of thiophene rings is 1. The Morgan fingerprint density at radius 2 is 1.88 bits per heavy atom. The van der Waals surface area contributed by atoms with E-state index >= 15 is 0 Å². The van der Waals surface area contributed by atoms with E-state index in [0.717, 1.165) is 33.0 Å². The van der Waals surface area contributed by atoms with E-state index in [1.54, 1.807) is 13.0 Å². The molecule has 4 aromatic rings. The smallest absolute Gasteiger partial charge is 0.340 e. The number of alkyl halides is 2. The van der Waals surface area contributed by atoms with Crippen molar-refractivity contribution in [1.82, 2.24) is 14.6 Å². The first kappa shape index (κ1) is 21.5. The zero-order valence-corrected chi connectivity index (χ0v) is 17.5. The van der Waals surface area contributed by atoms with E-state index in [1.165, 1.54) is 31.4 Å². The van der Waals surface area contributed by atoms with Crippen molar-refractivity contribution in [2.45, 2.75) is 13.3 Å². The summed E-state index contributed by atoms with van der Waals surface area (Å²) in [6, 6.07) is 7.87. The highest BCUT2D eigenvalue weighted by atomic mass is 32.1. The molecule has 0 spiro atoms. The van der Waals surface area contributed by atoms with Crippen LogP contribution in [0.3, 0.4) is 0 Å². The number of nitrogens with one attached hydrogen (secondary N) is 1. The third-order valence-electron chi connectivity index (χ3n) is 4.60. The fourth-order valence-corrected chi connectivity index (χ4v) is 4.00. The number of nitrogens with zero attached hydrogens (tertiary/aromatic N) is 3. The molecule has 1 aromatic carbocycles. The first-order valence-corrected chi connectivity index (χ1v) is 10.0. The highest BCUT2D eigenvalue weighted by molar-refractivity contribution is 7.16. The van der Waals surface area contributed by atoms with Crippen molar-refractivity contribution in [1.29, 1.82) is 0 Å². The summed E-state index contributed by atoms with van der Waals surface area (Å²) in [7, 11) is 1.22. The predicted octanol–water partition coefficient (Wildman–Crippen LogP) is 4.88. The monoisotopic (exact) mass is 460 g/mol. The average molecular weight is 460 g/mol. The molecule has 164 valence electrons. The molecule has 0 unspecified atom stereocenters. The molecule has 0 radical (unpaired) electrons. The summed E-state index contributed by atoms with van der Waals surface area (Å²) in [4.78, 5) is 30.0. The Hall–Kier alpha value is -3.73. The normalized spacial score (nSPS) is 11.2. The molecule has 1 amide bonds. The van der Waals surface area contributed by atoms with Crippen LogP contribution in [0.5, 0.6) is 0 Å². The Morgan fingerprint density at radius 1 is 1.16 bits per heavy atom. The lowest BCUT2D eigenvalue weighted by Gasteiger charge is -2.09. The molecule has 0 fully saturated rings. The lowest BCUT2D eigenvalue weighted by molar-refractivity contribution is 0.0602. The molecular formula is C21H15F3N4O3S. The number of esters is 1. The molecule has 0 saturated carbocycles. The third kappa shape index (κ3) is 3.94. The molecule has 11 heteroatoms. The summed E-state index contributed by atoms with van der Waals surface area (Å²) >= 11 is 1.16. The summed E-state index contributed by atoms with van der Waals surface area (Å²) in [5.74, 6) is -1.79. The summed E-state index contributed by atoms with van der Waals surface area (Å²) in [5.41, 5.74) is 0.0451. The molecule has 32 heavy (non-hydrogen) atoms. The van der Waals surface area contributed by atoms with Gasteiger partial charge in [0.25, 0.3) is 12.3 Å². The number of methoxy groups -OCH3 is 1. The molecule has 3 heterocycles. The van der Waals surface area contributed by atoms with Crippen LogP contribution in [-0.4, -0.2) is 33.6 Å². The van der Waals surface area contributed by atoms with Crippen molar-refractivity contribution < 1.29 is 27.5 Å². The molecular weight excluding hydrogens is 445 g/mol. The van der Waals surface area contributed by atoms with Crippen LogP contribution in [0, 0.1) is 12.7 Å². The van der Waals surface area contributed by atoms with Gasteiger partial charge in [-0.25, -0.2) is 27.5 Å². The number of anilines is 1. The maximum Gasteiger partial charge on any atom is 0.340 e. The van der Waals surface area contributed by atoms with E-state index in [4.69, 9.17) is 4.74 Å². The Bertz CT molecular complexity index is 1330. The molecule has 0 saturated heterocycles. The second-order valence-corrected chi connectivity index (χ2v) is 7.97. The van der Waals surface area contributed by atoms with Crippen LogP contribution in [0.15, 0.2) is 42.6 Å². The molecule has 0 bridgehead atoms. The zero-order chi connectivity index (χ0) is 23.0. The summed E-state index contributed by atoms with van der Waals surface area (Å²) in [6.45, 7) is 1.76. The fraction of sp³-hybridized carbons (Fsp3) is 0.143. The van der Waals surface area contributed by atoms with E-state index < -0.39 is 29.8 Å². The van der Waals surface area contributed by atoms with E-state index in [-0.39, 0.29) is 27.5 Å². The Morgan fingerprint density at radius 3 is 2.53 bits per heavy atom. The maximum atomic E-state index is 13.7. The molecule has 0 aliphatic heterocycles. The van der Waals surface area contributed by atoms with Gasteiger partial charge in [-0.2, -0.15) is 5.10 Å². The summed E-state index contributed by atoms with van der Waals surface area (Å²) in [5, 5.41) is 6.75. The minimum atomic E-state index is -2.90. The second kappa shape index (κ2) is 8.42. The van der Waals surface area contributed by atoms with Crippen LogP contribution >= 0.6 is 11.3 Å². The van der Waals surface area contributed by atoms with E-state index in [0.29, 0.717) is 5.56 Å². The Kier molecular flexibility index (Phi) is 5.66. The van der Waals surface area contributed by atoms with Gasteiger partial charge in [0.05, 0.1) is 24.6 Å². The van der Waals surface area contributed by atoms with Gasteiger partial charge in [-0.3, -0.25) is 4.79 Å². The minimum Gasteiger partial charge on any atom is -0.465 e. The van der Waals surface area contributed by atoms with E-state index in [2.05, 4.69) is 15.4 Å². The maximum absolute atomic E-state index is 13.7. The Balaban J connectivity index is 1.79. The predicted molar refractivity (Wildman–Crippen MR) is 112 cm³/mol. The quantitative estimate of drug-likeness (QED) is 0.429. The van der Waals surface area contributed by atoms with Crippen LogP contribution in [0.2, 0.25) is 0 Å². The average Bonchev–Trinajstić information content (AvgIpc) is 3.36. The third-order valence-corrected chi connectivity index (χ3v) is 5.56. The molecule has 1 N–H and O–H groups in total. The van der Waals surface area contributed by atoms with Gasteiger partial charge < -0.3 is 10.1 Å². The van der Waals surface area contributed by atoms with Crippen LogP contribution in [-0.2, 0) is 4.74 Å². The van der Waals surface area contributed by atoms with Crippen LogP contribution in [0.1, 0.15) is 37.7 Å². The van der Waals surface area contributed by atoms with Crippen molar-refractivity contribution in [3.63, 3.8) is 0 Å². The number of benzene rings is 1. The van der Waals surface area contributed by atoms with Gasteiger partial charge in [0.2, 0.25) is 0 Å². The van der Waals surface area contributed by atoms with Crippen molar-refractivity contribution >= 4 is 33.9 Å². The summed E-state index contributed by atoms with van der Waals surface area (Å²) in [6.07, 6.45) is -1.78. The molecule has 3 aromatic heterocycles. The van der Waals surface area contributed by atoms with Crippen molar-refractivity contribution in [3.05, 3.63) is 70.1 Å². The lowest BCUT2D eigenvalue weighted by Crippen LogP contribution is -2.14. The Labute approximate surface area is 183 Å². The second-order valence-electron chi connectivity index (χ2n) is 6.71. The number of aryl methyl sites for hydroxylation is 1. The minimum absolute atomic E-state index is 0.0715. The van der Waals surface area contributed by atoms with Gasteiger partial charge in [-0.05, 0) is 43.3 Å². The van der Waals surface area contributed by atoms with Crippen molar-refractivity contribution in [2.24, 2.45) is 0 Å². The van der Waals surface area contributed by atoms with Crippen LogP contribution in [0.25, 0.3) is 16.9 Å². The van der Waals surface area contributed by atoms with Gasteiger partial charge in [-0.15, -0.1) is 11.3 Å². The van der Waals surface area contributed by atoms with Crippen LogP contribution < -0.4 is 5.32 Å². The van der Waals surface area contributed by atoms with Crippen LogP contribution in [0.4, 0.5) is 18.2 Å². The number of carbonyl (C=O) groups excluding carboxylic acids is 2. The first-order valence-electron chi connectivity index (χ1n) is 9.21. The number of ether oxygens (including phenoxy) is 1. The number of hydrogen-bond donors (Lipinski definition) is 1. The van der Waals surface area contributed by atoms with Gasteiger partial charge in [0.1, 0.15) is 22.1 Å². The van der Waals surface area contributed by atoms with Gasteiger partial charge in [0, 0.05) is 10.4 Å². The number of fused-ring (bicyclic) bond motifs is 1. The topological polar surface area (TPSA) is 85.6 Å². The lowest BCUT2D eigenvalue weighted by atomic mass is 10.1. The summed E-state index contributed by atoms with van der Waals surface area (Å²) < 4.78 is 46.3. The number of rotatable bonds is 5. The van der Waals surface area contributed by atoms with Crippen molar-refractivity contribution in [2.75, 3.05) is 12.4 Å². The highest BCUT2D eigenvalue weighted by Gasteiger charge is 2.24. The van der Waals surface area contributed by atoms with Crippen molar-refractivity contribution in [3.8, 4) is 11.3 Å². The van der Waals surface area contributed by atoms with Gasteiger partial charge >= 0.3 is 5.97 Å². The number of hydrogen-bond acceptors (Lipinski definition) is 6. The molecule has 0 aliphatic rings.